The van der Waals surface area contributed by atoms with E-state index in [2.05, 4.69) is 10.6 Å². The van der Waals surface area contributed by atoms with E-state index in [4.69, 9.17) is 10.5 Å². The molecular formula is C15H29N3O3. The molecule has 0 aromatic heterocycles. The average Bonchev–Trinajstić information content (AvgIpc) is 2.46. The summed E-state index contributed by atoms with van der Waals surface area (Å²) in [5.41, 5.74) is 4.51. The molecule has 1 rings (SSSR count). The molecule has 6 nitrogen and oxygen atoms in total. The number of ether oxygens (including phenoxy) is 1. The number of hydrogen-bond acceptors (Lipinski definition) is 3. The zero-order chi connectivity index (χ0) is 15.7. The van der Waals surface area contributed by atoms with Gasteiger partial charge in [0.2, 0.25) is 5.91 Å². The van der Waals surface area contributed by atoms with Crippen LogP contribution >= 0.6 is 0 Å². The summed E-state index contributed by atoms with van der Waals surface area (Å²) in [6.45, 7) is 4.88. The molecule has 0 aromatic carbocycles. The van der Waals surface area contributed by atoms with Crippen LogP contribution < -0.4 is 16.4 Å². The Kier molecular flexibility index (Phi) is 7.50. The zero-order valence-corrected chi connectivity index (χ0v) is 13.2. The quantitative estimate of drug-likeness (QED) is 0.593. The van der Waals surface area contributed by atoms with Crippen LogP contribution in [0.15, 0.2) is 0 Å². The van der Waals surface area contributed by atoms with Gasteiger partial charge in [-0.2, -0.15) is 0 Å². The van der Waals surface area contributed by atoms with E-state index in [1.54, 1.807) is 13.8 Å². The van der Waals surface area contributed by atoms with Gasteiger partial charge in [0, 0.05) is 19.7 Å². The van der Waals surface area contributed by atoms with Gasteiger partial charge in [-0.25, -0.2) is 4.79 Å². The first-order valence-corrected chi connectivity index (χ1v) is 7.85. The SMILES string of the molecule is CC(C)(CNC(=O)NCCCOC1CCCCC1)C(N)=O. The van der Waals surface area contributed by atoms with Crippen molar-refractivity contribution in [1.82, 2.24) is 10.6 Å². The van der Waals surface area contributed by atoms with Crippen molar-refractivity contribution >= 4 is 11.9 Å². The molecular weight excluding hydrogens is 270 g/mol. The van der Waals surface area contributed by atoms with E-state index in [9.17, 15) is 9.59 Å². The van der Waals surface area contributed by atoms with Gasteiger partial charge >= 0.3 is 6.03 Å². The van der Waals surface area contributed by atoms with Crippen molar-refractivity contribution in [3.63, 3.8) is 0 Å². The number of urea groups is 1. The largest absolute Gasteiger partial charge is 0.378 e. The third kappa shape index (κ3) is 7.32. The summed E-state index contributed by atoms with van der Waals surface area (Å²) in [5, 5.41) is 5.40. The summed E-state index contributed by atoms with van der Waals surface area (Å²) >= 11 is 0. The molecule has 0 atom stereocenters. The van der Waals surface area contributed by atoms with Crippen LogP contribution in [0.5, 0.6) is 0 Å². The van der Waals surface area contributed by atoms with E-state index in [-0.39, 0.29) is 12.6 Å². The summed E-state index contributed by atoms with van der Waals surface area (Å²) < 4.78 is 5.78. The van der Waals surface area contributed by atoms with E-state index in [0.29, 0.717) is 19.3 Å². The van der Waals surface area contributed by atoms with Gasteiger partial charge in [0.05, 0.1) is 11.5 Å². The molecule has 21 heavy (non-hydrogen) atoms. The fourth-order valence-corrected chi connectivity index (χ4v) is 2.21. The average molecular weight is 299 g/mol. The van der Waals surface area contributed by atoms with E-state index in [0.717, 1.165) is 19.3 Å². The first-order chi connectivity index (χ1) is 9.92. The second-order valence-electron chi connectivity index (χ2n) is 6.34. The summed E-state index contributed by atoms with van der Waals surface area (Å²) in [6, 6.07) is -0.276. The molecule has 0 spiro atoms. The van der Waals surface area contributed by atoms with Crippen LogP contribution in [0.2, 0.25) is 0 Å². The molecule has 0 unspecified atom stereocenters. The molecule has 6 heteroatoms. The molecule has 1 aliphatic rings. The third-order valence-electron chi connectivity index (χ3n) is 3.87. The second-order valence-corrected chi connectivity index (χ2v) is 6.34. The summed E-state index contributed by atoms with van der Waals surface area (Å²) in [7, 11) is 0. The first kappa shape index (κ1) is 17.8. The highest BCUT2D eigenvalue weighted by Crippen LogP contribution is 2.20. The number of rotatable bonds is 8. The molecule has 0 saturated heterocycles. The fourth-order valence-electron chi connectivity index (χ4n) is 2.21. The Bertz CT molecular complexity index is 339. The smallest absolute Gasteiger partial charge is 0.314 e. The molecule has 0 aromatic rings. The maximum atomic E-state index is 11.6. The zero-order valence-electron chi connectivity index (χ0n) is 13.2. The van der Waals surface area contributed by atoms with Crippen LogP contribution in [0.3, 0.4) is 0 Å². The maximum absolute atomic E-state index is 11.6. The van der Waals surface area contributed by atoms with Crippen LogP contribution in [0.4, 0.5) is 4.79 Å². The molecule has 1 aliphatic carbocycles. The van der Waals surface area contributed by atoms with Crippen LogP contribution in [0.25, 0.3) is 0 Å². The van der Waals surface area contributed by atoms with E-state index >= 15 is 0 Å². The van der Waals surface area contributed by atoms with Crippen LogP contribution in [-0.2, 0) is 9.53 Å². The van der Waals surface area contributed by atoms with E-state index < -0.39 is 11.3 Å². The van der Waals surface area contributed by atoms with Crippen molar-refractivity contribution in [2.45, 2.75) is 58.5 Å². The minimum atomic E-state index is -0.735. The van der Waals surface area contributed by atoms with Crippen molar-refractivity contribution < 1.29 is 14.3 Å². The molecule has 4 N–H and O–H groups in total. The van der Waals surface area contributed by atoms with Gasteiger partial charge in [-0.1, -0.05) is 19.3 Å². The fraction of sp³-hybridized carbons (Fsp3) is 0.867. The van der Waals surface area contributed by atoms with Gasteiger partial charge in [-0.3, -0.25) is 4.79 Å². The van der Waals surface area contributed by atoms with Crippen molar-refractivity contribution in [1.29, 1.82) is 0 Å². The monoisotopic (exact) mass is 299 g/mol. The molecule has 0 radical (unpaired) electrons. The second kappa shape index (κ2) is 8.87. The van der Waals surface area contributed by atoms with Crippen molar-refractivity contribution in [3.8, 4) is 0 Å². The molecule has 1 saturated carbocycles. The lowest BCUT2D eigenvalue weighted by Crippen LogP contribution is -2.45. The number of primary amides is 1. The predicted octanol–water partition coefficient (Wildman–Crippen LogP) is 1.54. The minimum absolute atomic E-state index is 0.229. The Morgan fingerprint density at radius 1 is 1.19 bits per heavy atom. The Labute approximate surface area is 127 Å². The normalized spacial score (nSPS) is 16.5. The Hall–Kier alpha value is -1.30. The number of nitrogens with two attached hydrogens (primary N) is 1. The highest BCUT2D eigenvalue weighted by atomic mass is 16.5. The number of amides is 3. The Balaban J connectivity index is 2.01. The lowest BCUT2D eigenvalue weighted by atomic mass is 9.93. The first-order valence-electron chi connectivity index (χ1n) is 7.85. The van der Waals surface area contributed by atoms with Gasteiger partial charge in [-0.05, 0) is 33.1 Å². The molecule has 3 amide bonds. The van der Waals surface area contributed by atoms with Crippen LogP contribution in [0.1, 0.15) is 52.4 Å². The van der Waals surface area contributed by atoms with Crippen molar-refractivity contribution in [3.05, 3.63) is 0 Å². The van der Waals surface area contributed by atoms with Gasteiger partial charge in [0.1, 0.15) is 0 Å². The van der Waals surface area contributed by atoms with Gasteiger partial charge in [0.15, 0.2) is 0 Å². The highest BCUT2D eigenvalue weighted by molar-refractivity contribution is 5.81. The highest BCUT2D eigenvalue weighted by Gasteiger charge is 2.25. The molecule has 0 aliphatic heterocycles. The maximum Gasteiger partial charge on any atom is 0.314 e. The number of carbonyl (C=O) groups is 2. The lowest BCUT2D eigenvalue weighted by molar-refractivity contribution is -0.125. The van der Waals surface area contributed by atoms with E-state index in [1.165, 1.54) is 19.3 Å². The van der Waals surface area contributed by atoms with Crippen molar-refractivity contribution in [2.24, 2.45) is 11.1 Å². The number of hydrogen-bond donors (Lipinski definition) is 3. The lowest BCUT2D eigenvalue weighted by Gasteiger charge is -2.22. The van der Waals surface area contributed by atoms with Gasteiger partial charge in [0.25, 0.3) is 0 Å². The molecule has 1 fully saturated rings. The predicted molar refractivity (Wildman–Crippen MR) is 81.8 cm³/mol. The summed E-state index contributed by atoms with van der Waals surface area (Å²) in [6.07, 6.45) is 7.38. The molecule has 122 valence electrons. The third-order valence-corrected chi connectivity index (χ3v) is 3.87. The summed E-state index contributed by atoms with van der Waals surface area (Å²) in [5.74, 6) is -0.427. The van der Waals surface area contributed by atoms with Gasteiger partial charge in [-0.15, -0.1) is 0 Å². The number of carbonyl (C=O) groups excluding carboxylic acids is 2. The standard InChI is InChI=1S/C15H29N3O3/c1-15(2,13(16)19)11-18-14(20)17-9-6-10-21-12-7-4-3-5-8-12/h12H,3-11H2,1-2H3,(H2,16,19)(H2,17,18,20). The topological polar surface area (TPSA) is 93.4 Å². The molecule has 0 heterocycles. The molecule has 0 bridgehead atoms. The summed E-state index contributed by atoms with van der Waals surface area (Å²) in [4.78, 5) is 22.7. The van der Waals surface area contributed by atoms with Gasteiger partial charge < -0.3 is 21.1 Å². The number of nitrogens with one attached hydrogen (secondary N) is 2. The minimum Gasteiger partial charge on any atom is -0.378 e. The van der Waals surface area contributed by atoms with Crippen LogP contribution in [-0.4, -0.2) is 37.7 Å². The Morgan fingerprint density at radius 2 is 1.86 bits per heavy atom. The van der Waals surface area contributed by atoms with E-state index in [1.807, 2.05) is 0 Å². The van der Waals surface area contributed by atoms with Crippen molar-refractivity contribution in [2.75, 3.05) is 19.7 Å². The van der Waals surface area contributed by atoms with Crippen LogP contribution in [0, 0.1) is 5.41 Å². The Morgan fingerprint density at radius 3 is 2.48 bits per heavy atom.